The zero-order valence-electron chi connectivity index (χ0n) is 8.06. The van der Waals surface area contributed by atoms with Crippen LogP contribution in [0.15, 0.2) is 30.3 Å². The maximum Gasteiger partial charge on any atom is 0.307 e. The minimum Gasteiger partial charge on any atom is -0.443 e. The molecule has 1 atom stereocenters. The molecule has 0 fully saturated rings. The number of aryl methyl sites for hydroxylation is 1. The van der Waals surface area contributed by atoms with Crippen molar-refractivity contribution in [2.45, 2.75) is 17.9 Å². The van der Waals surface area contributed by atoms with Crippen LogP contribution in [0.5, 0.6) is 0 Å². The van der Waals surface area contributed by atoms with E-state index in [0.717, 1.165) is 5.56 Å². The number of halogens is 1. The topological polar surface area (TPSA) is 43.4 Å². The van der Waals surface area contributed by atoms with Crippen LogP contribution >= 0.6 is 15.9 Å². The molecule has 0 aliphatic carbocycles. The molecule has 4 heteroatoms. The molecule has 80 valence electrons. The molecule has 3 nitrogen and oxygen atoms in total. The summed E-state index contributed by atoms with van der Waals surface area (Å²) >= 11 is 2.89. The Labute approximate surface area is 96.6 Å². The molecule has 0 aliphatic heterocycles. The number of carbonyl (C=O) groups excluding carboxylic acids is 2. The molecule has 0 N–H and O–H groups in total. The second kappa shape index (κ2) is 6.35. The first-order valence-corrected chi connectivity index (χ1v) is 5.46. The van der Waals surface area contributed by atoms with E-state index in [-0.39, 0.29) is 12.4 Å². The summed E-state index contributed by atoms with van der Waals surface area (Å²) in [4.78, 5) is 21.4. The van der Waals surface area contributed by atoms with Crippen molar-refractivity contribution in [2.24, 2.45) is 0 Å². The SMILES string of the molecule is O=CC(Br)OC(=O)CCc1ccccc1. The Balaban J connectivity index is 2.31. The van der Waals surface area contributed by atoms with E-state index in [0.29, 0.717) is 12.7 Å². The summed E-state index contributed by atoms with van der Waals surface area (Å²) in [5.74, 6) is -0.382. The number of ether oxygens (including phenoxy) is 1. The van der Waals surface area contributed by atoms with E-state index in [1.165, 1.54) is 0 Å². The molecule has 0 aliphatic rings. The molecule has 1 rings (SSSR count). The quantitative estimate of drug-likeness (QED) is 0.468. The summed E-state index contributed by atoms with van der Waals surface area (Å²) < 4.78 is 4.73. The maximum atomic E-state index is 11.2. The molecule has 0 amide bonds. The highest BCUT2D eigenvalue weighted by Gasteiger charge is 2.09. The van der Waals surface area contributed by atoms with Gasteiger partial charge in [-0.2, -0.15) is 0 Å². The summed E-state index contributed by atoms with van der Waals surface area (Å²) in [7, 11) is 0. The number of carbonyl (C=O) groups is 2. The highest BCUT2D eigenvalue weighted by Crippen LogP contribution is 2.05. The number of rotatable bonds is 5. The minimum atomic E-state index is -0.833. The van der Waals surface area contributed by atoms with Gasteiger partial charge in [0.15, 0.2) is 6.29 Å². The van der Waals surface area contributed by atoms with Crippen LogP contribution in [0, 0.1) is 0 Å². The summed E-state index contributed by atoms with van der Waals surface area (Å²) in [6.07, 6.45) is 1.43. The third kappa shape index (κ3) is 4.74. The standard InChI is InChI=1S/C11H11BrO3/c12-10(8-13)15-11(14)7-6-9-4-2-1-3-5-9/h1-5,8,10H,6-7H2. The lowest BCUT2D eigenvalue weighted by Crippen LogP contribution is -2.13. The van der Waals surface area contributed by atoms with Crippen molar-refractivity contribution in [3.63, 3.8) is 0 Å². The Morgan fingerprint density at radius 2 is 2.07 bits per heavy atom. The molecule has 0 saturated heterocycles. The fraction of sp³-hybridized carbons (Fsp3) is 0.273. The summed E-state index contributed by atoms with van der Waals surface area (Å²) in [5, 5.41) is -0.833. The molecule has 0 heterocycles. The summed E-state index contributed by atoms with van der Waals surface area (Å²) in [6, 6.07) is 9.64. The molecule has 1 unspecified atom stereocenters. The van der Waals surface area contributed by atoms with Gasteiger partial charge in [-0.1, -0.05) is 30.3 Å². The van der Waals surface area contributed by atoms with E-state index in [2.05, 4.69) is 15.9 Å². The first-order valence-electron chi connectivity index (χ1n) is 4.55. The zero-order valence-corrected chi connectivity index (χ0v) is 9.64. The predicted molar refractivity (Wildman–Crippen MR) is 59.6 cm³/mol. The summed E-state index contributed by atoms with van der Waals surface area (Å²) in [5.41, 5.74) is 1.08. The average molecular weight is 271 g/mol. The lowest BCUT2D eigenvalue weighted by molar-refractivity contribution is -0.146. The van der Waals surface area contributed by atoms with E-state index in [1.54, 1.807) is 0 Å². The maximum absolute atomic E-state index is 11.2. The van der Waals surface area contributed by atoms with Gasteiger partial charge >= 0.3 is 5.97 Å². The molecule has 1 aromatic rings. The Kier molecular flexibility index (Phi) is 5.04. The van der Waals surface area contributed by atoms with Crippen molar-refractivity contribution in [1.82, 2.24) is 0 Å². The van der Waals surface area contributed by atoms with Crippen LogP contribution in [0.1, 0.15) is 12.0 Å². The van der Waals surface area contributed by atoms with E-state index in [9.17, 15) is 9.59 Å². The Hall–Kier alpha value is -1.16. The fourth-order valence-corrected chi connectivity index (χ4v) is 1.31. The zero-order chi connectivity index (χ0) is 11.1. The van der Waals surface area contributed by atoms with Gasteiger partial charge in [0.2, 0.25) is 5.01 Å². The van der Waals surface area contributed by atoms with Gasteiger partial charge in [-0.3, -0.25) is 9.59 Å². The summed E-state index contributed by atoms with van der Waals surface area (Å²) in [6.45, 7) is 0. The van der Waals surface area contributed by atoms with Gasteiger partial charge in [0.05, 0.1) is 0 Å². The first kappa shape index (κ1) is 11.9. The molecule has 0 radical (unpaired) electrons. The third-order valence-corrected chi connectivity index (χ3v) is 2.21. The van der Waals surface area contributed by atoms with Crippen molar-refractivity contribution in [1.29, 1.82) is 0 Å². The highest BCUT2D eigenvalue weighted by molar-refractivity contribution is 9.09. The normalized spacial score (nSPS) is 11.8. The van der Waals surface area contributed by atoms with Crippen molar-refractivity contribution in [2.75, 3.05) is 0 Å². The van der Waals surface area contributed by atoms with Crippen molar-refractivity contribution in [3.8, 4) is 0 Å². The molecule has 0 aromatic heterocycles. The molecule has 1 aromatic carbocycles. The van der Waals surface area contributed by atoms with E-state index in [4.69, 9.17) is 4.74 Å². The number of hydrogen-bond acceptors (Lipinski definition) is 3. The van der Waals surface area contributed by atoms with Crippen molar-refractivity contribution in [3.05, 3.63) is 35.9 Å². The van der Waals surface area contributed by atoms with Crippen LogP contribution in [0.3, 0.4) is 0 Å². The second-order valence-corrected chi connectivity index (χ2v) is 3.87. The Morgan fingerprint density at radius 3 is 2.67 bits per heavy atom. The third-order valence-electron chi connectivity index (χ3n) is 1.81. The number of aldehydes is 1. The molecule has 15 heavy (non-hydrogen) atoms. The van der Waals surface area contributed by atoms with Crippen molar-refractivity contribution >= 4 is 28.2 Å². The number of benzene rings is 1. The largest absolute Gasteiger partial charge is 0.443 e. The fourth-order valence-electron chi connectivity index (χ4n) is 1.10. The van der Waals surface area contributed by atoms with Gasteiger partial charge in [0, 0.05) is 6.42 Å². The van der Waals surface area contributed by atoms with Gasteiger partial charge in [-0.25, -0.2) is 0 Å². The minimum absolute atomic E-state index is 0.278. The lowest BCUT2D eigenvalue weighted by atomic mass is 10.1. The first-order chi connectivity index (χ1) is 7.22. The average Bonchev–Trinajstić information content (AvgIpc) is 2.27. The molecular formula is C11H11BrO3. The van der Waals surface area contributed by atoms with Gasteiger partial charge in [-0.05, 0) is 27.9 Å². The lowest BCUT2D eigenvalue weighted by Gasteiger charge is -2.05. The Bertz CT molecular complexity index is 324. The van der Waals surface area contributed by atoms with Gasteiger partial charge < -0.3 is 4.74 Å². The monoisotopic (exact) mass is 270 g/mol. The van der Waals surface area contributed by atoms with Gasteiger partial charge in [-0.15, -0.1) is 0 Å². The van der Waals surface area contributed by atoms with Gasteiger partial charge in [0.1, 0.15) is 0 Å². The number of hydrogen-bond donors (Lipinski definition) is 0. The van der Waals surface area contributed by atoms with Gasteiger partial charge in [0.25, 0.3) is 0 Å². The van der Waals surface area contributed by atoms with Crippen LogP contribution in [0.2, 0.25) is 0 Å². The second-order valence-electron chi connectivity index (χ2n) is 2.96. The molecule has 0 spiro atoms. The molecule has 0 bridgehead atoms. The van der Waals surface area contributed by atoms with E-state index in [1.807, 2.05) is 30.3 Å². The smallest absolute Gasteiger partial charge is 0.307 e. The molecule has 0 saturated carbocycles. The van der Waals surface area contributed by atoms with Crippen molar-refractivity contribution < 1.29 is 14.3 Å². The highest BCUT2D eigenvalue weighted by atomic mass is 79.9. The Morgan fingerprint density at radius 1 is 1.40 bits per heavy atom. The van der Waals surface area contributed by atoms with Crippen LogP contribution in [-0.4, -0.2) is 17.3 Å². The van der Waals surface area contributed by atoms with E-state index < -0.39 is 5.01 Å². The van der Waals surface area contributed by atoms with Crippen LogP contribution in [0.4, 0.5) is 0 Å². The van der Waals surface area contributed by atoms with Crippen LogP contribution in [-0.2, 0) is 20.7 Å². The van der Waals surface area contributed by atoms with E-state index >= 15 is 0 Å². The van der Waals surface area contributed by atoms with Crippen LogP contribution < -0.4 is 0 Å². The predicted octanol–water partition coefficient (Wildman–Crippen LogP) is 2.08. The molecular weight excluding hydrogens is 260 g/mol. The number of alkyl halides is 1. The number of esters is 1. The van der Waals surface area contributed by atoms with Crippen LogP contribution in [0.25, 0.3) is 0 Å².